The molecule has 0 aliphatic heterocycles. The summed E-state index contributed by atoms with van der Waals surface area (Å²) in [6, 6.07) is 2.69. The minimum absolute atomic E-state index is 0.0203. The number of rotatable bonds is 4. The predicted molar refractivity (Wildman–Crippen MR) is 66.7 cm³/mol. The van der Waals surface area contributed by atoms with Crippen molar-refractivity contribution in [3.05, 3.63) is 35.8 Å². The van der Waals surface area contributed by atoms with E-state index in [4.69, 9.17) is 0 Å². The number of halogens is 4. The molecule has 10 heteroatoms. The molecule has 0 aliphatic carbocycles. The van der Waals surface area contributed by atoms with Crippen molar-refractivity contribution in [3.8, 4) is 5.75 Å². The van der Waals surface area contributed by atoms with E-state index in [0.29, 0.717) is 6.54 Å². The van der Waals surface area contributed by atoms with Crippen LogP contribution in [-0.4, -0.2) is 27.3 Å². The van der Waals surface area contributed by atoms with E-state index >= 15 is 0 Å². The number of aromatic nitrogens is 3. The highest BCUT2D eigenvalue weighted by molar-refractivity contribution is 6.05. The van der Waals surface area contributed by atoms with E-state index < -0.39 is 29.4 Å². The van der Waals surface area contributed by atoms with Gasteiger partial charge < -0.3 is 10.1 Å². The minimum Gasteiger partial charge on any atom is -0.405 e. The lowest BCUT2D eigenvalue weighted by molar-refractivity contribution is -0.274. The van der Waals surface area contributed by atoms with Crippen LogP contribution in [0.4, 0.5) is 23.4 Å². The van der Waals surface area contributed by atoms with Gasteiger partial charge in [-0.15, -0.1) is 18.3 Å². The molecular weight excluding hydrogens is 308 g/mol. The summed E-state index contributed by atoms with van der Waals surface area (Å²) >= 11 is 0. The summed E-state index contributed by atoms with van der Waals surface area (Å²) in [7, 11) is 0. The maximum atomic E-state index is 13.7. The van der Waals surface area contributed by atoms with Crippen molar-refractivity contribution >= 4 is 11.7 Å². The van der Waals surface area contributed by atoms with Crippen molar-refractivity contribution in [1.29, 1.82) is 0 Å². The first-order chi connectivity index (χ1) is 10.3. The number of carbonyl (C=O) groups is 1. The quantitative estimate of drug-likeness (QED) is 0.880. The SMILES string of the molecule is CCn1cc(NC(=O)c2c(F)cccc2OC(F)(F)F)nn1. The van der Waals surface area contributed by atoms with Crippen molar-refractivity contribution in [3.63, 3.8) is 0 Å². The lowest BCUT2D eigenvalue weighted by Crippen LogP contribution is -2.22. The van der Waals surface area contributed by atoms with Gasteiger partial charge in [0.25, 0.3) is 5.91 Å². The molecule has 0 aliphatic rings. The van der Waals surface area contributed by atoms with Crippen LogP contribution in [0, 0.1) is 5.82 Å². The molecule has 22 heavy (non-hydrogen) atoms. The number of hydrogen-bond acceptors (Lipinski definition) is 4. The van der Waals surface area contributed by atoms with E-state index in [2.05, 4.69) is 20.4 Å². The highest BCUT2D eigenvalue weighted by Gasteiger charge is 2.34. The van der Waals surface area contributed by atoms with Crippen LogP contribution in [-0.2, 0) is 6.54 Å². The summed E-state index contributed by atoms with van der Waals surface area (Å²) in [5, 5.41) is 9.37. The average Bonchev–Trinajstić information content (AvgIpc) is 2.84. The van der Waals surface area contributed by atoms with Gasteiger partial charge in [0.1, 0.15) is 17.1 Å². The Bertz CT molecular complexity index is 684. The monoisotopic (exact) mass is 318 g/mol. The van der Waals surface area contributed by atoms with Gasteiger partial charge in [-0.1, -0.05) is 11.3 Å². The smallest absolute Gasteiger partial charge is 0.405 e. The van der Waals surface area contributed by atoms with E-state index in [1.807, 2.05) is 0 Å². The van der Waals surface area contributed by atoms with Crippen LogP contribution >= 0.6 is 0 Å². The zero-order valence-corrected chi connectivity index (χ0v) is 11.2. The zero-order chi connectivity index (χ0) is 16.3. The molecule has 1 aromatic heterocycles. The van der Waals surface area contributed by atoms with Gasteiger partial charge in [-0.3, -0.25) is 9.48 Å². The molecule has 2 rings (SSSR count). The molecule has 0 saturated carbocycles. The Morgan fingerprint density at radius 2 is 2.14 bits per heavy atom. The molecule has 0 unspecified atom stereocenters. The first-order valence-corrected chi connectivity index (χ1v) is 6.06. The van der Waals surface area contributed by atoms with E-state index in [1.165, 1.54) is 10.9 Å². The largest absolute Gasteiger partial charge is 0.573 e. The van der Waals surface area contributed by atoms with E-state index in [-0.39, 0.29) is 5.82 Å². The second-order valence-corrected chi connectivity index (χ2v) is 4.07. The van der Waals surface area contributed by atoms with Gasteiger partial charge in [-0.2, -0.15) is 0 Å². The predicted octanol–water partition coefficient (Wildman–Crippen LogP) is 2.59. The fraction of sp³-hybridized carbons (Fsp3) is 0.250. The van der Waals surface area contributed by atoms with E-state index in [1.54, 1.807) is 6.92 Å². The lowest BCUT2D eigenvalue weighted by Gasteiger charge is -2.13. The highest BCUT2D eigenvalue weighted by atomic mass is 19.4. The summed E-state index contributed by atoms with van der Waals surface area (Å²) in [6.07, 6.45) is -3.70. The van der Waals surface area contributed by atoms with Gasteiger partial charge >= 0.3 is 6.36 Å². The summed E-state index contributed by atoms with van der Waals surface area (Å²) < 4.78 is 55.6. The second-order valence-electron chi connectivity index (χ2n) is 4.07. The molecule has 0 bridgehead atoms. The Labute approximate surface area is 121 Å². The average molecular weight is 318 g/mol. The van der Waals surface area contributed by atoms with Gasteiger partial charge in [0.2, 0.25) is 0 Å². The van der Waals surface area contributed by atoms with Crippen LogP contribution in [0.2, 0.25) is 0 Å². The number of nitrogens with zero attached hydrogens (tertiary/aromatic N) is 3. The molecule has 0 radical (unpaired) electrons. The third-order valence-corrected chi connectivity index (χ3v) is 2.53. The van der Waals surface area contributed by atoms with Crippen LogP contribution in [0.1, 0.15) is 17.3 Å². The number of anilines is 1. The molecule has 0 fully saturated rings. The highest BCUT2D eigenvalue weighted by Crippen LogP contribution is 2.28. The number of alkyl halides is 3. The topological polar surface area (TPSA) is 69.0 Å². The van der Waals surface area contributed by atoms with Crippen molar-refractivity contribution in [2.45, 2.75) is 19.8 Å². The number of carbonyl (C=O) groups excluding carboxylic acids is 1. The van der Waals surface area contributed by atoms with Crippen molar-refractivity contribution in [1.82, 2.24) is 15.0 Å². The van der Waals surface area contributed by atoms with E-state index in [0.717, 1.165) is 18.2 Å². The molecule has 1 aromatic carbocycles. The third-order valence-electron chi connectivity index (χ3n) is 2.53. The number of benzene rings is 1. The number of aryl methyl sites for hydroxylation is 1. The zero-order valence-electron chi connectivity index (χ0n) is 11.2. The number of ether oxygens (including phenoxy) is 1. The number of nitrogens with one attached hydrogen (secondary N) is 1. The Balaban J connectivity index is 2.28. The molecular formula is C12H10F4N4O2. The maximum Gasteiger partial charge on any atom is 0.573 e. The Morgan fingerprint density at radius 3 is 2.73 bits per heavy atom. The second kappa shape index (κ2) is 6.00. The van der Waals surface area contributed by atoms with Gasteiger partial charge in [0, 0.05) is 6.54 Å². The van der Waals surface area contributed by atoms with Gasteiger partial charge in [0.05, 0.1) is 6.20 Å². The molecule has 1 heterocycles. The van der Waals surface area contributed by atoms with Crippen LogP contribution in [0.3, 0.4) is 0 Å². The number of amides is 1. The Hall–Kier alpha value is -2.65. The molecule has 0 saturated heterocycles. The summed E-state index contributed by atoms with van der Waals surface area (Å²) in [4.78, 5) is 12.0. The normalized spacial score (nSPS) is 11.3. The first kappa shape index (κ1) is 15.7. The minimum atomic E-state index is -5.05. The summed E-state index contributed by atoms with van der Waals surface area (Å²) in [6.45, 7) is 2.25. The van der Waals surface area contributed by atoms with Crippen LogP contribution < -0.4 is 10.1 Å². The standard InChI is InChI=1S/C12H10F4N4O2/c1-2-20-6-9(18-19-20)17-11(21)10-7(13)4-3-5-8(10)22-12(14,15)16/h3-6H,2H2,1H3,(H,17,21). The molecule has 1 amide bonds. The van der Waals surface area contributed by atoms with Crippen molar-refractivity contribution < 1.29 is 27.1 Å². The molecule has 118 valence electrons. The molecule has 6 nitrogen and oxygen atoms in total. The van der Waals surface area contributed by atoms with Crippen LogP contribution in [0.5, 0.6) is 5.75 Å². The van der Waals surface area contributed by atoms with Crippen LogP contribution in [0.25, 0.3) is 0 Å². The van der Waals surface area contributed by atoms with Crippen molar-refractivity contribution in [2.75, 3.05) is 5.32 Å². The lowest BCUT2D eigenvalue weighted by atomic mass is 10.1. The number of hydrogen-bond donors (Lipinski definition) is 1. The van der Waals surface area contributed by atoms with E-state index in [9.17, 15) is 22.4 Å². The third kappa shape index (κ3) is 3.71. The van der Waals surface area contributed by atoms with Crippen molar-refractivity contribution in [2.24, 2.45) is 0 Å². The first-order valence-electron chi connectivity index (χ1n) is 6.06. The van der Waals surface area contributed by atoms with Gasteiger partial charge in [0.15, 0.2) is 5.82 Å². The Kier molecular flexibility index (Phi) is 4.29. The molecule has 1 N–H and O–H groups in total. The summed E-state index contributed by atoms with van der Waals surface area (Å²) in [5.41, 5.74) is -0.870. The molecule has 2 aromatic rings. The fourth-order valence-electron chi connectivity index (χ4n) is 1.62. The molecule has 0 atom stereocenters. The molecule has 0 spiro atoms. The fourth-order valence-corrected chi connectivity index (χ4v) is 1.62. The Morgan fingerprint density at radius 1 is 1.41 bits per heavy atom. The maximum absolute atomic E-state index is 13.7. The van der Waals surface area contributed by atoms with Crippen LogP contribution in [0.15, 0.2) is 24.4 Å². The van der Waals surface area contributed by atoms with Gasteiger partial charge in [-0.25, -0.2) is 4.39 Å². The summed E-state index contributed by atoms with van der Waals surface area (Å²) in [5.74, 6) is -3.23. The van der Waals surface area contributed by atoms with Gasteiger partial charge in [-0.05, 0) is 19.1 Å².